The van der Waals surface area contributed by atoms with Crippen LogP contribution in [0.2, 0.25) is 0 Å². The van der Waals surface area contributed by atoms with Crippen molar-refractivity contribution in [2.45, 2.75) is 18.9 Å². The average molecular weight is 268 g/mol. The van der Waals surface area contributed by atoms with Gasteiger partial charge in [0.05, 0.1) is 13.2 Å². The van der Waals surface area contributed by atoms with Crippen molar-refractivity contribution in [3.63, 3.8) is 0 Å². The van der Waals surface area contributed by atoms with Crippen LogP contribution < -0.4 is 10.1 Å². The number of ether oxygens (including phenoxy) is 1. The Hall–Kier alpha value is -2.36. The second-order valence-corrected chi connectivity index (χ2v) is 4.84. The predicted molar refractivity (Wildman–Crippen MR) is 76.3 cm³/mol. The van der Waals surface area contributed by atoms with E-state index >= 15 is 0 Å². The Balaban J connectivity index is 1.87. The Bertz CT molecular complexity index is 623. The summed E-state index contributed by atoms with van der Waals surface area (Å²) in [4.78, 5) is 15.5. The summed E-state index contributed by atoms with van der Waals surface area (Å²) in [6, 6.07) is 12.2. The smallest absolute Gasteiger partial charge is 0.221 e. The summed E-state index contributed by atoms with van der Waals surface area (Å²) in [5.74, 6) is 0.752. The standard InChI is InChI=1S/C16H16N2O2/c1-20-16-13(3-2-10-17-16)11-4-6-12(7-5-11)14-8-9-15(19)18-14/h2-7,10,14H,8-9H2,1H3,(H,18,19). The highest BCUT2D eigenvalue weighted by Gasteiger charge is 2.22. The number of hydrogen-bond acceptors (Lipinski definition) is 3. The molecule has 20 heavy (non-hydrogen) atoms. The van der Waals surface area contributed by atoms with Gasteiger partial charge in [0, 0.05) is 18.2 Å². The number of carbonyl (C=O) groups is 1. The van der Waals surface area contributed by atoms with E-state index in [1.807, 2.05) is 24.3 Å². The molecule has 1 aromatic carbocycles. The molecule has 2 heterocycles. The summed E-state index contributed by atoms with van der Waals surface area (Å²) < 4.78 is 5.28. The number of nitrogens with zero attached hydrogens (tertiary/aromatic N) is 1. The van der Waals surface area contributed by atoms with E-state index in [0.717, 1.165) is 23.1 Å². The molecule has 2 aromatic rings. The van der Waals surface area contributed by atoms with Crippen LogP contribution in [-0.4, -0.2) is 18.0 Å². The molecule has 1 saturated heterocycles. The first-order valence-corrected chi connectivity index (χ1v) is 6.66. The SMILES string of the molecule is COc1ncccc1-c1ccc(C2CCC(=O)N2)cc1. The van der Waals surface area contributed by atoms with Crippen LogP contribution in [-0.2, 0) is 4.79 Å². The quantitative estimate of drug-likeness (QED) is 0.931. The summed E-state index contributed by atoms with van der Waals surface area (Å²) in [6.07, 6.45) is 3.20. The number of methoxy groups -OCH3 is 1. The van der Waals surface area contributed by atoms with Gasteiger partial charge < -0.3 is 10.1 Å². The third-order valence-electron chi connectivity index (χ3n) is 3.58. The van der Waals surface area contributed by atoms with Gasteiger partial charge in [-0.05, 0) is 29.7 Å². The van der Waals surface area contributed by atoms with Gasteiger partial charge in [-0.2, -0.15) is 0 Å². The van der Waals surface area contributed by atoms with Crippen molar-refractivity contribution in [1.29, 1.82) is 0 Å². The number of carbonyl (C=O) groups excluding carboxylic acids is 1. The molecule has 0 saturated carbocycles. The Morgan fingerprint density at radius 2 is 2.05 bits per heavy atom. The predicted octanol–water partition coefficient (Wildman–Crippen LogP) is 2.71. The van der Waals surface area contributed by atoms with Gasteiger partial charge in [0.1, 0.15) is 0 Å². The highest BCUT2D eigenvalue weighted by Crippen LogP contribution is 2.30. The van der Waals surface area contributed by atoms with Crippen LogP contribution in [0.1, 0.15) is 24.4 Å². The van der Waals surface area contributed by atoms with Crippen LogP contribution in [0.4, 0.5) is 0 Å². The van der Waals surface area contributed by atoms with Crippen LogP contribution in [0.15, 0.2) is 42.6 Å². The third kappa shape index (κ3) is 2.37. The van der Waals surface area contributed by atoms with Gasteiger partial charge in [-0.15, -0.1) is 0 Å². The highest BCUT2D eigenvalue weighted by molar-refractivity contribution is 5.78. The Morgan fingerprint density at radius 1 is 1.25 bits per heavy atom. The zero-order chi connectivity index (χ0) is 13.9. The van der Waals surface area contributed by atoms with Gasteiger partial charge in [0.15, 0.2) is 0 Å². The number of rotatable bonds is 3. The summed E-state index contributed by atoms with van der Waals surface area (Å²) >= 11 is 0. The zero-order valence-corrected chi connectivity index (χ0v) is 11.3. The fraction of sp³-hybridized carbons (Fsp3) is 0.250. The number of amides is 1. The maximum atomic E-state index is 11.3. The normalized spacial score (nSPS) is 17.9. The molecule has 4 heteroatoms. The summed E-state index contributed by atoms with van der Waals surface area (Å²) in [6.45, 7) is 0. The van der Waals surface area contributed by atoms with Crippen molar-refractivity contribution in [3.05, 3.63) is 48.2 Å². The second kappa shape index (κ2) is 5.33. The van der Waals surface area contributed by atoms with Gasteiger partial charge in [-0.1, -0.05) is 24.3 Å². The topological polar surface area (TPSA) is 51.2 Å². The minimum Gasteiger partial charge on any atom is -0.481 e. The van der Waals surface area contributed by atoms with E-state index in [1.54, 1.807) is 13.3 Å². The Morgan fingerprint density at radius 3 is 2.70 bits per heavy atom. The summed E-state index contributed by atoms with van der Waals surface area (Å²) in [7, 11) is 1.62. The van der Waals surface area contributed by atoms with Gasteiger partial charge in [0.25, 0.3) is 0 Å². The lowest BCUT2D eigenvalue weighted by molar-refractivity contribution is -0.119. The van der Waals surface area contributed by atoms with Crippen LogP contribution in [0.25, 0.3) is 11.1 Å². The molecule has 4 nitrogen and oxygen atoms in total. The molecule has 1 unspecified atom stereocenters. The molecule has 1 atom stereocenters. The van der Waals surface area contributed by atoms with Crippen LogP contribution in [0.3, 0.4) is 0 Å². The van der Waals surface area contributed by atoms with Crippen molar-refractivity contribution in [2.75, 3.05) is 7.11 Å². The largest absolute Gasteiger partial charge is 0.481 e. The molecule has 1 N–H and O–H groups in total. The lowest BCUT2D eigenvalue weighted by Crippen LogP contribution is -2.18. The van der Waals surface area contributed by atoms with Crippen LogP contribution in [0.5, 0.6) is 5.88 Å². The number of benzene rings is 1. The molecule has 1 aliphatic rings. The molecule has 0 spiro atoms. The molecule has 0 radical (unpaired) electrons. The monoisotopic (exact) mass is 268 g/mol. The molecule has 3 rings (SSSR count). The van der Waals surface area contributed by atoms with E-state index in [9.17, 15) is 4.79 Å². The maximum absolute atomic E-state index is 11.3. The number of aromatic nitrogens is 1. The van der Waals surface area contributed by atoms with Crippen molar-refractivity contribution >= 4 is 5.91 Å². The fourth-order valence-corrected chi connectivity index (χ4v) is 2.53. The van der Waals surface area contributed by atoms with Crippen molar-refractivity contribution in [3.8, 4) is 17.0 Å². The van der Waals surface area contributed by atoms with E-state index in [4.69, 9.17) is 4.74 Å². The van der Waals surface area contributed by atoms with Crippen molar-refractivity contribution in [1.82, 2.24) is 10.3 Å². The average Bonchev–Trinajstić information content (AvgIpc) is 2.94. The molecule has 102 valence electrons. The fourth-order valence-electron chi connectivity index (χ4n) is 2.53. The number of pyridine rings is 1. The van der Waals surface area contributed by atoms with Gasteiger partial charge in [-0.25, -0.2) is 4.98 Å². The van der Waals surface area contributed by atoms with Gasteiger partial charge in [0.2, 0.25) is 11.8 Å². The molecule has 1 aromatic heterocycles. The number of nitrogens with one attached hydrogen (secondary N) is 1. The van der Waals surface area contributed by atoms with Crippen molar-refractivity contribution in [2.24, 2.45) is 0 Å². The first-order valence-electron chi connectivity index (χ1n) is 6.66. The van der Waals surface area contributed by atoms with Gasteiger partial charge in [-0.3, -0.25) is 4.79 Å². The Kier molecular flexibility index (Phi) is 3.37. The van der Waals surface area contributed by atoms with E-state index < -0.39 is 0 Å². The maximum Gasteiger partial charge on any atom is 0.221 e. The molecule has 0 bridgehead atoms. The van der Waals surface area contributed by atoms with E-state index in [0.29, 0.717) is 12.3 Å². The zero-order valence-electron chi connectivity index (χ0n) is 11.3. The van der Waals surface area contributed by atoms with Gasteiger partial charge >= 0.3 is 0 Å². The third-order valence-corrected chi connectivity index (χ3v) is 3.58. The molecule has 1 fully saturated rings. The highest BCUT2D eigenvalue weighted by atomic mass is 16.5. The molecular formula is C16H16N2O2. The summed E-state index contributed by atoms with van der Waals surface area (Å²) in [5, 5.41) is 2.98. The minimum atomic E-state index is 0.132. The molecule has 0 aliphatic carbocycles. The van der Waals surface area contributed by atoms with Crippen LogP contribution >= 0.6 is 0 Å². The first-order chi connectivity index (χ1) is 9.78. The van der Waals surface area contributed by atoms with E-state index in [1.165, 1.54) is 0 Å². The summed E-state index contributed by atoms with van der Waals surface area (Å²) in [5.41, 5.74) is 3.17. The lowest BCUT2D eigenvalue weighted by atomic mass is 10.0. The molecule has 1 amide bonds. The minimum absolute atomic E-state index is 0.132. The molecule has 1 aliphatic heterocycles. The van der Waals surface area contributed by atoms with Crippen molar-refractivity contribution < 1.29 is 9.53 Å². The second-order valence-electron chi connectivity index (χ2n) is 4.84. The van der Waals surface area contributed by atoms with Crippen LogP contribution in [0, 0.1) is 0 Å². The van der Waals surface area contributed by atoms with E-state index in [-0.39, 0.29) is 11.9 Å². The Labute approximate surface area is 117 Å². The lowest BCUT2D eigenvalue weighted by Gasteiger charge is -2.12. The van der Waals surface area contributed by atoms with E-state index in [2.05, 4.69) is 22.4 Å². The molecular weight excluding hydrogens is 252 g/mol. The number of hydrogen-bond donors (Lipinski definition) is 1. The first kappa shape index (κ1) is 12.7.